The molecule has 1 rings (SSSR count). The minimum Gasteiger partial charge on any atom is -0.324 e. The zero-order valence-corrected chi connectivity index (χ0v) is 13.5. The lowest BCUT2D eigenvalue weighted by molar-refractivity contribution is 0.402. The summed E-state index contributed by atoms with van der Waals surface area (Å²) in [6, 6.07) is 7.07. The fraction of sp³-hybridized carbons (Fsp3) is 0.667. The molecule has 1 aromatic rings. The molecule has 0 saturated carbocycles. The third-order valence-electron chi connectivity index (χ3n) is 4.32. The Labute approximate surface area is 119 Å². The van der Waals surface area contributed by atoms with E-state index < -0.39 is 0 Å². The summed E-state index contributed by atoms with van der Waals surface area (Å²) < 4.78 is 0. The summed E-state index contributed by atoms with van der Waals surface area (Å²) >= 11 is 0. The Bertz CT molecular complexity index is 389. The lowest BCUT2D eigenvalue weighted by Gasteiger charge is -2.26. The molecule has 1 nitrogen and oxygen atoms in total. The molecule has 0 bridgehead atoms. The highest BCUT2D eigenvalue weighted by atomic mass is 14.7. The van der Waals surface area contributed by atoms with E-state index in [1.54, 1.807) is 0 Å². The molecule has 0 spiro atoms. The van der Waals surface area contributed by atoms with E-state index >= 15 is 0 Å². The van der Waals surface area contributed by atoms with Crippen molar-refractivity contribution in [2.24, 2.45) is 11.7 Å². The highest BCUT2D eigenvalue weighted by Crippen LogP contribution is 2.33. The lowest BCUT2D eigenvalue weighted by atomic mass is 9.83. The molecule has 0 aliphatic carbocycles. The maximum absolute atomic E-state index is 6.53. The van der Waals surface area contributed by atoms with Gasteiger partial charge in [0.05, 0.1) is 0 Å². The van der Waals surface area contributed by atoms with Gasteiger partial charge in [-0.05, 0) is 34.4 Å². The molecule has 0 aliphatic rings. The van der Waals surface area contributed by atoms with E-state index in [0.29, 0.717) is 17.8 Å². The predicted octanol–water partition coefficient (Wildman–Crippen LogP) is 5.37. The van der Waals surface area contributed by atoms with Crippen LogP contribution in [0.5, 0.6) is 0 Å². The van der Waals surface area contributed by atoms with Crippen LogP contribution in [0.2, 0.25) is 0 Å². The Morgan fingerprint density at radius 3 is 1.89 bits per heavy atom. The Morgan fingerprint density at radius 2 is 1.47 bits per heavy atom. The van der Waals surface area contributed by atoms with Crippen LogP contribution in [0, 0.1) is 5.92 Å². The van der Waals surface area contributed by atoms with E-state index in [0.717, 1.165) is 12.8 Å². The van der Waals surface area contributed by atoms with Gasteiger partial charge in [-0.15, -0.1) is 0 Å². The quantitative estimate of drug-likeness (QED) is 0.732. The van der Waals surface area contributed by atoms with Crippen molar-refractivity contribution in [2.45, 2.75) is 72.3 Å². The normalized spacial score (nSPS) is 13.6. The van der Waals surface area contributed by atoms with E-state index in [-0.39, 0.29) is 6.04 Å². The van der Waals surface area contributed by atoms with Gasteiger partial charge in [0.2, 0.25) is 0 Å². The van der Waals surface area contributed by atoms with Gasteiger partial charge < -0.3 is 5.73 Å². The molecule has 0 radical (unpaired) electrons. The molecule has 0 amide bonds. The van der Waals surface area contributed by atoms with E-state index in [2.05, 4.69) is 59.7 Å². The number of nitrogens with two attached hydrogens (primary N) is 1. The van der Waals surface area contributed by atoms with Crippen LogP contribution in [0.25, 0.3) is 0 Å². The van der Waals surface area contributed by atoms with Crippen molar-refractivity contribution >= 4 is 0 Å². The summed E-state index contributed by atoms with van der Waals surface area (Å²) in [6.07, 6.45) is 2.31. The standard InChI is InChI=1S/C18H31N/c1-7-14(8-2)18(19)16-10-9-15(12(3)4)11-17(16)13(5)6/h9-14,18H,7-8,19H2,1-6H3. The van der Waals surface area contributed by atoms with Gasteiger partial charge in [0.25, 0.3) is 0 Å². The molecule has 0 saturated heterocycles. The van der Waals surface area contributed by atoms with Crippen LogP contribution in [-0.2, 0) is 0 Å². The van der Waals surface area contributed by atoms with Gasteiger partial charge in [-0.1, -0.05) is 72.6 Å². The molecule has 19 heavy (non-hydrogen) atoms. The molecule has 108 valence electrons. The van der Waals surface area contributed by atoms with E-state index in [4.69, 9.17) is 5.73 Å². The van der Waals surface area contributed by atoms with Crippen LogP contribution in [0.15, 0.2) is 18.2 Å². The second-order valence-corrected chi connectivity index (χ2v) is 6.30. The summed E-state index contributed by atoms with van der Waals surface area (Å²) in [5.74, 6) is 1.70. The fourth-order valence-corrected chi connectivity index (χ4v) is 2.81. The van der Waals surface area contributed by atoms with Gasteiger partial charge in [0.1, 0.15) is 0 Å². The fourth-order valence-electron chi connectivity index (χ4n) is 2.81. The van der Waals surface area contributed by atoms with Crippen molar-refractivity contribution in [3.8, 4) is 0 Å². The molecule has 1 unspecified atom stereocenters. The first-order valence-corrected chi connectivity index (χ1v) is 7.81. The minimum atomic E-state index is 0.175. The van der Waals surface area contributed by atoms with Gasteiger partial charge in [0.15, 0.2) is 0 Å². The molecular weight excluding hydrogens is 230 g/mol. The molecular formula is C18H31N. The molecule has 1 atom stereocenters. The number of rotatable bonds is 6. The second-order valence-electron chi connectivity index (χ2n) is 6.30. The van der Waals surface area contributed by atoms with Crippen molar-refractivity contribution in [2.75, 3.05) is 0 Å². The molecule has 0 aliphatic heterocycles. The van der Waals surface area contributed by atoms with Gasteiger partial charge in [-0.3, -0.25) is 0 Å². The summed E-state index contributed by atoms with van der Waals surface area (Å²) in [4.78, 5) is 0. The monoisotopic (exact) mass is 261 g/mol. The highest BCUT2D eigenvalue weighted by Gasteiger charge is 2.20. The molecule has 1 aromatic carbocycles. The van der Waals surface area contributed by atoms with Crippen LogP contribution in [0.3, 0.4) is 0 Å². The highest BCUT2D eigenvalue weighted by molar-refractivity contribution is 5.37. The molecule has 0 fully saturated rings. The Hall–Kier alpha value is -0.820. The smallest absolute Gasteiger partial charge is 0.0326 e. The summed E-state index contributed by atoms with van der Waals surface area (Å²) in [5.41, 5.74) is 10.7. The predicted molar refractivity (Wildman–Crippen MR) is 85.6 cm³/mol. The van der Waals surface area contributed by atoms with Crippen LogP contribution >= 0.6 is 0 Å². The first-order chi connectivity index (χ1) is 8.92. The van der Waals surface area contributed by atoms with Gasteiger partial charge in [-0.2, -0.15) is 0 Å². The first kappa shape index (κ1) is 16.2. The Balaban J connectivity index is 3.19. The zero-order valence-electron chi connectivity index (χ0n) is 13.5. The maximum atomic E-state index is 6.53. The Morgan fingerprint density at radius 1 is 0.895 bits per heavy atom. The molecule has 0 heterocycles. The average Bonchev–Trinajstić information content (AvgIpc) is 2.39. The van der Waals surface area contributed by atoms with Crippen molar-refractivity contribution < 1.29 is 0 Å². The van der Waals surface area contributed by atoms with E-state index in [1.807, 2.05) is 0 Å². The number of hydrogen-bond donors (Lipinski definition) is 1. The van der Waals surface area contributed by atoms with Crippen molar-refractivity contribution in [3.05, 3.63) is 34.9 Å². The topological polar surface area (TPSA) is 26.0 Å². The van der Waals surface area contributed by atoms with Gasteiger partial charge in [0, 0.05) is 6.04 Å². The summed E-state index contributed by atoms with van der Waals surface area (Å²) in [6.45, 7) is 13.5. The summed E-state index contributed by atoms with van der Waals surface area (Å²) in [7, 11) is 0. The molecule has 2 N–H and O–H groups in total. The number of benzene rings is 1. The summed E-state index contributed by atoms with van der Waals surface area (Å²) in [5, 5.41) is 0. The van der Waals surface area contributed by atoms with E-state index in [1.165, 1.54) is 16.7 Å². The van der Waals surface area contributed by atoms with E-state index in [9.17, 15) is 0 Å². The van der Waals surface area contributed by atoms with Crippen LogP contribution < -0.4 is 5.73 Å². The van der Waals surface area contributed by atoms with Crippen LogP contribution in [0.1, 0.15) is 89.0 Å². The lowest BCUT2D eigenvalue weighted by Crippen LogP contribution is -2.22. The largest absolute Gasteiger partial charge is 0.324 e. The maximum Gasteiger partial charge on any atom is 0.0326 e. The first-order valence-electron chi connectivity index (χ1n) is 7.81. The average molecular weight is 261 g/mol. The molecule has 1 heteroatoms. The Kier molecular flexibility index (Phi) is 6.06. The third kappa shape index (κ3) is 3.82. The van der Waals surface area contributed by atoms with Crippen molar-refractivity contribution in [3.63, 3.8) is 0 Å². The van der Waals surface area contributed by atoms with Crippen LogP contribution in [-0.4, -0.2) is 0 Å². The zero-order chi connectivity index (χ0) is 14.6. The number of hydrogen-bond acceptors (Lipinski definition) is 1. The van der Waals surface area contributed by atoms with Gasteiger partial charge in [-0.25, -0.2) is 0 Å². The molecule has 0 aromatic heterocycles. The van der Waals surface area contributed by atoms with Crippen molar-refractivity contribution in [1.29, 1.82) is 0 Å². The minimum absolute atomic E-state index is 0.175. The third-order valence-corrected chi connectivity index (χ3v) is 4.32. The second kappa shape index (κ2) is 7.09. The SMILES string of the molecule is CCC(CC)C(N)c1ccc(C(C)C)cc1C(C)C. The van der Waals surface area contributed by atoms with Crippen molar-refractivity contribution in [1.82, 2.24) is 0 Å². The van der Waals surface area contributed by atoms with Crippen LogP contribution in [0.4, 0.5) is 0 Å². The van der Waals surface area contributed by atoms with Gasteiger partial charge >= 0.3 is 0 Å².